The van der Waals surface area contributed by atoms with Crippen LogP contribution in [0.15, 0.2) is 0 Å². The number of carbonyl (C=O) groups is 1. The van der Waals surface area contributed by atoms with Gasteiger partial charge in [0, 0.05) is 24.0 Å². The van der Waals surface area contributed by atoms with Gasteiger partial charge in [0.25, 0.3) is 0 Å². The summed E-state index contributed by atoms with van der Waals surface area (Å²) in [7, 11) is 0. The normalized spacial score (nSPS) is 16.6. The fourth-order valence-corrected chi connectivity index (χ4v) is 2.50. The molecule has 2 heterocycles. The van der Waals surface area contributed by atoms with E-state index in [1.165, 1.54) is 16.7 Å². The number of rotatable bonds is 1. The van der Waals surface area contributed by atoms with Crippen LogP contribution in [-0.4, -0.2) is 19.5 Å². The second-order valence-corrected chi connectivity index (χ2v) is 3.97. The average molecular weight is 204 g/mol. The van der Waals surface area contributed by atoms with Gasteiger partial charge in [-0.15, -0.1) is 0 Å². The first-order chi connectivity index (χ1) is 7.33. The first kappa shape index (κ1) is 8.77. The molecule has 0 atom stereocenters. The lowest BCUT2D eigenvalue weighted by Gasteiger charge is -2.11. The maximum absolute atomic E-state index is 11.1. The zero-order valence-electron chi connectivity index (χ0n) is 8.63. The minimum Gasteiger partial charge on any atom is -0.492 e. The van der Waals surface area contributed by atoms with Crippen molar-refractivity contribution in [3.63, 3.8) is 0 Å². The number of carbonyl (C=O) groups excluding carboxylic acids is 1. The molecule has 2 aliphatic rings. The second kappa shape index (κ2) is 2.99. The van der Waals surface area contributed by atoms with Crippen LogP contribution >= 0.6 is 0 Å². The number of fused-ring (bicyclic) bond motifs is 2. The standard InChI is InChI=1S/C12H12O3/c1-7-8-2-4-14-11(8)10(6-13)12-9(7)3-5-15-12/h6H,2-5H2,1H3. The van der Waals surface area contributed by atoms with Crippen molar-refractivity contribution in [1.82, 2.24) is 0 Å². The SMILES string of the molecule is Cc1c2c(c(C=O)c3c1CCO3)OCC2. The Morgan fingerprint density at radius 1 is 1.07 bits per heavy atom. The maximum Gasteiger partial charge on any atom is 0.157 e. The van der Waals surface area contributed by atoms with Crippen LogP contribution in [-0.2, 0) is 12.8 Å². The second-order valence-electron chi connectivity index (χ2n) is 3.97. The van der Waals surface area contributed by atoms with Crippen molar-refractivity contribution in [3.05, 3.63) is 22.3 Å². The van der Waals surface area contributed by atoms with Crippen LogP contribution in [0.1, 0.15) is 27.0 Å². The van der Waals surface area contributed by atoms with Crippen LogP contribution in [0.25, 0.3) is 0 Å². The minimum atomic E-state index is 0.612. The van der Waals surface area contributed by atoms with E-state index < -0.39 is 0 Å². The smallest absolute Gasteiger partial charge is 0.157 e. The Hall–Kier alpha value is -1.51. The molecule has 78 valence electrons. The highest BCUT2D eigenvalue weighted by Crippen LogP contribution is 2.43. The van der Waals surface area contributed by atoms with E-state index in [9.17, 15) is 4.79 Å². The van der Waals surface area contributed by atoms with Gasteiger partial charge in [-0.2, -0.15) is 0 Å². The van der Waals surface area contributed by atoms with Crippen molar-refractivity contribution in [3.8, 4) is 11.5 Å². The Kier molecular flexibility index (Phi) is 1.75. The molecule has 0 spiro atoms. The van der Waals surface area contributed by atoms with Gasteiger partial charge in [-0.1, -0.05) is 0 Å². The van der Waals surface area contributed by atoms with Gasteiger partial charge in [-0.25, -0.2) is 0 Å². The predicted octanol–water partition coefficient (Wildman–Crippen LogP) is 1.68. The van der Waals surface area contributed by atoms with Gasteiger partial charge in [0.15, 0.2) is 6.29 Å². The molecule has 2 aliphatic heterocycles. The first-order valence-electron chi connectivity index (χ1n) is 5.22. The molecule has 3 nitrogen and oxygen atoms in total. The van der Waals surface area contributed by atoms with Gasteiger partial charge >= 0.3 is 0 Å². The third kappa shape index (κ3) is 1.03. The summed E-state index contributed by atoms with van der Waals surface area (Å²) >= 11 is 0. The number of aldehydes is 1. The van der Waals surface area contributed by atoms with Crippen LogP contribution in [0.2, 0.25) is 0 Å². The van der Waals surface area contributed by atoms with Crippen molar-refractivity contribution in [2.24, 2.45) is 0 Å². The van der Waals surface area contributed by atoms with Gasteiger partial charge < -0.3 is 9.47 Å². The summed E-state index contributed by atoms with van der Waals surface area (Å²) in [6.07, 6.45) is 2.68. The molecule has 3 heteroatoms. The van der Waals surface area contributed by atoms with E-state index in [-0.39, 0.29) is 0 Å². The van der Waals surface area contributed by atoms with Gasteiger partial charge in [-0.05, 0) is 12.5 Å². The third-order valence-corrected chi connectivity index (χ3v) is 3.26. The minimum absolute atomic E-state index is 0.612. The number of hydrogen-bond donors (Lipinski definition) is 0. The Balaban J connectivity index is 2.35. The molecule has 1 aromatic carbocycles. The number of benzene rings is 1. The maximum atomic E-state index is 11.1. The van der Waals surface area contributed by atoms with Gasteiger partial charge in [0.05, 0.1) is 18.8 Å². The van der Waals surface area contributed by atoms with Gasteiger partial charge in [-0.3, -0.25) is 4.79 Å². The molecule has 1 aromatic rings. The fraction of sp³-hybridized carbons (Fsp3) is 0.417. The summed E-state index contributed by atoms with van der Waals surface area (Å²) < 4.78 is 11.0. The lowest BCUT2D eigenvalue weighted by molar-refractivity contribution is 0.111. The fourth-order valence-electron chi connectivity index (χ4n) is 2.50. The summed E-state index contributed by atoms with van der Waals surface area (Å²) in [4.78, 5) is 11.1. The van der Waals surface area contributed by atoms with Crippen molar-refractivity contribution < 1.29 is 14.3 Å². The molecule has 0 aromatic heterocycles. The predicted molar refractivity (Wildman–Crippen MR) is 55.0 cm³/mol. The Labute approximate surface area is 88.0 Å². The van der Waals surface area contributed by atoms with E-state index in [4.69, 9.17) is 9.47 Å². The third-order valence-electron chi connectivity index (χ3n) is 3.26. The molecule has 0 radical (unpaired) electrons. The molecule has 0 saturated heterocycles. The Morgan fingerprint density at radius 3 is 2.07 bits per heavy atom. The molecular weight excluding hydrogens is 192 g/mol. The van der Waals surface area contributed by atoms with E-state index in [0.717, 1.165) is 30.6 Å². The first-order valence-corrected chi connectivity index (χ1v) is 5.22. The molecule has 0 aliphatic carbocycles. The molecular formula is C12H12O3. The molecule has 0 saturated carbocycles. The van der Waals surface area contributed by atoms with Crippen molar-refractivity contribution in [1.29, 1.82) is 0 Å². The van der Waals surface area contributed by atoms with E-state index in [0.29, 0.717) is 18.8 Å². The number of ether oxygens (including phenoxy) is 2. The summed E-state index contributed by atoms with van der Waals surface area (Å²) in [6.45, 7) is 3.45. The summed E-state index contributed by atoms with van der Waals surface area (Å²) in [6, 6.07) is 0. The zero-order chi connectivity index (χ0) is 10.4. The summed E-state index contributed by atoms with van der Waals surface area (Å²) in [5.74, 6) is 1.51. The van der Waals surface area contributed by atoms with Crippen LogP contribution in [0.4, 0.5) is 0 Å². The monoisotopic (exact) mass is 204 g/mol. The summed E-state index contributed by atoms with van der Waals surface area (Å²) in [5.41, 5.74) is 4.25. The lowest BCUT2D eigenvalue weighted by atomic mass is 9.95. The van der Waals surface area contributed by atoms with Gasteiger partial charge in [0.1, 0.15) is 11.5 Å². The highest BCUT2D eigenvalue weighted by Gasteiger charge is 2.29. The molecule has 0 N–H and O–H groups in total. The van der Waals surface area contributed by atoms with Gasteiger partial charge in [0.2, 0.25) is 0 Å². The van der Waals surface area contributed by atoms with Crippen molar-refractivity contribution in [2.75, 3.05) is 13.2 Å². The largest absolute Gasteiger partial charge is 0.492 e. The average Bonchev–Trinajstić information content (AvgIpc) is 2.85. The van der Waals surface area contributed by atoms with E-state index >= 15 is 0 Å². The molecule has 15 heavy (non-hydrogen) atoms. The number of hydrogen-bond acceptors (Lipinski definition) is 3. The van der Waals surface area contributed by atoms with Crippen molar-refractivity contribution >= 4 is 6.29 Å². The highest BCUT2D eigenvalue weighted by atomic mass is 16.5. The molecule has 0 unspecified atom stereocenters. The van der Waals surface area contributed by atoms with E-state index in [1.807, 2.05) is 0 Å². The van der Waals surface area contributed by atoms with Crippen LogP contribution in [0, 0.1) is 6.92 Å². The molecule has 0 bridgehead atoms. The zero-order valence-corrected chi connectivity index (χ0v) is 8.63. The molecule has 3 rings (SSSR count). The highest BCUT2D eigenvalue weighted by molar-refractivity contribution is 5.87. The Bertz CT molecular complexity index is 414. The van der Waals surface area contributed by atoms with Crippen LogP contribution in [0.5, 0.6) is 11.5 Å². The van der Waals surface area contributed by atoms with E-state index in [2.05, 4.69) is 6.92 Å². The van der Waals surface area contributed by atoms with Crippen LogP contribution < -0.4 is 9.47 Å². The van der Waals surface area contributed by atoms with Crippen molar-refractivity contribution in [2.45, 2.75) is 19.8 Å². The molecule has 0 amide bonds. The topological polar surface area (TPSA) is 35.5 Å². The Morgan fingerprint density at radius 2 is 1.60 bits per heavy atom. The van der Waals surface area contributed by atoms with E-state index in [1.54, 1.807) is 0 Å². The lowest BCUT2D eigenvalue weighted by Crippen LogP contribution is -1.96. The quantitative estimate of drug-likeness (QED) is 0.653. The summed E-state index contributed by atoms with van der Waals surface area (Å²) in [5, 5.41) is 0. The molecule has 0 fully saturated rings. The van der Waals surface area contributed by atoms with Crippen LogP contribution in [0.3, 0.4) is 0 Å².